The van der Waals surface area contributed by atoms with E-state index >= 15 is 0 Å². The maximum atomic E-state index is 11.9. The summed E-state index contributed by atoms with van der Waals surface area (Å²) >= 11 is 3.57. The first-order valence-electron chi connectivity index (χ1n) is 6.75. The van der Waals surface area contributed by atoms with Crippen LogP contribution in [0, 0.1) is 5.41 Å². The first-order valence-corrected chi connectivity index (χ1v) is 7.87. The molecule has 3 nitrogen and oxygen atoms in total. The highest BCUT2D eigenvalue weighted by molar-refractivity contribution is 9.09. The summed E-state index contributed by atoms with van der Waals surface area (Å²) in [6.45, 7) is 0.727. The van der Waals surface area contributed by atoms with Gasteiger partial charge < -0.3 is 10.4 Å². The molecule has 1 aromatic carbocycles. The zero-order chi connectivity index (χ0) is 13.7. The molecule has 4 heteroatoms. The molecule has 104 valence electrons. The van der Waals surface area contributed by atoms with E-state index in [9.17, 15) is 9.90 Å². The molecule has 1 amide bonds. The Kier molecular flexibility index (Phi) is 4.86. The quantitative estimate of drug-likeness (QED) is 0.817. The molecule has 0 atom stereocenters. The van der Waals surface area contributed by atoms with E-state index in [2.05, 4.69) is 21.2 Å². The SMILES string of the molecule is O=C(Cc1ccccc1O)NCC1(CBr)CCCC1. The van der Waals surface area contributed by atoms with Crippen LogP contribution in [0.25, 0.3) is 0 Å². The molecule has 2 N–H and O–H groups in total. The highest BCUT2D eigenvalue weighted by atomic mass is 79.9. The number of hydrogen-bond donors (Lipinski definition) is 2. The van der Waals surface area contributed by atoms with E-state index in [1.165, 1.54) is 25.7 Å². The lowest BCUT2D eigenvalue weighted by atomic mass is 9.89. The van der Waals surface area contributed by atoms with E-state index in [1.807, 2.05) is 6.07 Å². The number of hydrogen-bond acceptors (Lipinski definition) is 2. The van der Waals surface area contributed by atoms with Crippen LogP contribution in [-0.4, -0.2) is 22.9 Å². The number of para-hydroxylation sites is 1. The molecule has 1 aromatic rings. The molecule has 1 fully saturated rings. The zero-order valence-electron chi connectivity index (χ0n) is 11.0. The summed E-state index contributed by atoms with van der Waals surface area (Å²) < 4.78 is 0. The van der Waals surface area contributed by atoms with E-state index in [1.54, 1.807) is 18.2 Å². The Morgan fingerprint density at radius 2 is 2.00 bits per heavy atom. The largest absolute Gasteiger partial charge is 0.508 e. The van der Waals surface area contributed by atoms with Gasteiger partial charge in [0.1, 0.15) is 5.75 Å². The zero-order valence-corrected chi connectivity index (χ0v) is 12.6. The average Bonchev–Trinajstić information content (AvgIpc) is 2.89. The maximum Gasteiger partial charge on any atom is 0.224 e. The number of carbonyl (C=O) groups is 1. The van der Waals surface area contributed by atoms with Gasteiger partial charge in [0.05, 0.1) is 6.42 Å². The predicted octanol–water partition coefficient (Wildman–Crippen LogP) is 3.01. The van der Waals surface area contributed by atoms with Gasteiger partial charge in [-0.3, -0.25) is 4.79 Å². The van der Waals surface area contributed by atoms with Gasteiger partial charge >= 0.3 is 0 Å². The van der Waals surface area contributed by atoms with E-state index in [0.717, 1.165) is 11.9 Å². The lowest BCUT2D eigenvalue weighted by Gasteiger charge is -2.26. The van der Waals surface area contributed by atoms with E-state index in [0.29, 0.717) is 5.56 Å². The van der Waals surface area contributed by atoms with Crippen LogP contribution < -0.4 is 5.32 Å². The van der Waals surface area contributed by atoms with Crippen LogP contribution in [0.4, 0.5) is 0 Å². The average molecular weight is 326 g/mol. The van der Waals surface area contributed by atoms with Gasteiger partial charge in [0, 0.05) is 17.4 Å². The van der Waals surface area contributed by atoms with Crippen molar-refractivity contribution in [2.75, 3.05) is 11.9 Å². The molecule has 1 aliphatic rings. The van der Waals surface area contributed by atoms with Crippen LogP contribution in [0.3, 0.4) is 0 Å². The van der Waals surface area contributed by atoms with Crippen LogP contribution in [0.1, 0.15) is 31.2 Å². The number of rotatable bonds is 5. The lowest BCUT2D eigenvalue weighted by Crippen LogP contribution is -2.37. The molecule has 19 heavy (non-hydrogen) atoms. The van der Waals surface area contributed by atoms with Gasteiger partial charge in [-0.25, -0.2) is 0 Å². The Hall–Kier alpha value is -1.03. The molecule has 0 spiro atoms. The van der Waals surface area contributed by atoms with Crippen molar-refractivity contribution >= 4 is 21.8 Å². The summed E-state index contributed by atoms with van der Waals surface area (Å²) in [5.74, 6) is 0.169. The normalized spacial score (nSPS) is 17.3. The molecule has 0 aliphatic heterocycles. The van der Waals surface area contributed by atoms with E-state index in [4.69, 9.17) is 0 Å². The fourth-order valence-electron chi connectivity index (χ4n) is 2.66. The minimum atomic E-state index is -0.0197. The summed E-state index contributed by atoms with van der Waals surface area (Å²) in [6.07, 6.45) is 5.09. The van der Waals surface area contributed by atoms with Gasteiger partial charge in [-0.15, -0.1) is 0 Å². The number of alkyl halides is 1. The molecule has 0 aromatic heterocycles. The van der Waals surface area contributed by atoms with Crippen molar-refractivity contribution in [1.82, 2.24) is 5.32 Å². The van der Waals surface area contributed by atoms with Crippen molar-refractivity contribution in [2.24, 2.45) is 5.41 Å². The summed E-state index contributed by atoms with van der Waals surface area (Å²) in [6, 6.07) is 6.98. The Morgan fingerprint density at radius 1 is 1.32 bits per heavy atom. The number of aromatic hydroxyl groups is 1. The fourth-order valence-corrected chi connectivity index (χ4v) is 3.42. The summed E-state index contributed by atoms with van der Waals surface area (Å²) in [5.41, 5.74) is 0.910. The summed E-state index contributed by atoms with van der Waals surface area (Å²) in [7, 11) is 0. The Bertz CT molecular complexity index is 442. The number of carbonyl (C=O) groups excluding carboxylic acids is 1. The first kappa shape index (κ1) is 14.4. The number of phenolic OH excluding ortho intramolecular Hbond substituents is 1. The van der Waals surface area contributed by atoms with Crippen LogP contribution in [-0.2, 0) is 11.2 Å². The van der Waals surface area contributed by atoms with Gasteiger partial charge in [-0.05, 0) is 24.3 Å². The van der Waals surface area contributed by atoms with E-state index in [-0.39, 0.29) is 23.5 Å². The van der Waals surface area contributed by atoms with Gasteiger partial charge in [0.2, 0.25) is 5.91 Å². The van der Waals surface area contributed by atoms with Crippen LogP contribution >= 0.6 is 15.9 Å². The molecule has 0 bridgehead atoms. The third-order valence-corrected chi connectivity index (χ3v) is 5.14. The summed E-state index contributed by atoms with van der Waals surface area (Å²) in [4.78, 5) is 11.9. The van der Waals surface area contributed by atoms with Crippen molar-refractivity contribution < 1.29 is 9.90 Å². The number of nitrogens with one attached hydrogen (secondary N) is 1. The second kappa shape index (κ2) is 6.42. The molecule has 2 rings (SSSR count). The topological polar surface area (TPSA) is 49.3 Å². The Morgan fingerprint density at radius 3 is 2.63 bits per heavy atom. The van der Waals surface area contributed by atoms with Gasteiger partial charge in [0.15, 0.2) is 0 Å². The highest BCUT2D eigenvalue weighted by Gasteiger charge is 2.32. The molecule has 0 saturated heterocycles. The lowest BCUT2D eigenvalue weighted by molar-refractivity contribution is -0.120. The minimum Gasteiger partial charge on any atom is -0.508 e. The molecule has 0 radical (unpaired) electrons. The molecule has 0 heterocycles. The molecular weight excluding hydrogens is 306 g/mol. The standard InChI is InChI=1S/C15H20BrNO2/c16-10-15(7-3-4-8-15)11-17-14(19)9-12-5-1-2-6-13(12)18/h1-2,5-6,18H,3-4,7-11H2,(H,17,19). The second-order valence-corrected chi connectivity index (χ2v) is 5.98. The molecule has 1 saturated carbocycles. The third kappa shape index (κ3) is 3.72. The Balaban J connectivity index is 1.86. The second-order valence-electron chi connectivity index (χ2n) is 5.42. The predicted molar refractivity (Wildman–Crippen MR) is 79.5 cm³/mol. The van der Waals surface area contributed by atoms with E-state index < -0.39 is 0 Å². The van der Waals surface area contributed by atoms with Crippen LogP contribution in [0.2, 0.25) is 0 Å². The minimum absolute atomic E-state index is 0.0197. The van der Waals surface area contributed by atoms with Crippen molar-refractivity contribution in [3.63, 3.8) is 0 Å². The third-order valence-electron chi connectivity index (χ3n) is 3.95. The molecular formula is C15H20BrNO2. The maximum absolute atomic E-state index is 11.9. The smallest absolute Gasteiger partial charge is 0.224 e. The number of halogens is 1. The van der Waals surface area contributed by atoms with Crippen LogP contribution in [0.15, 0.2) is 24.3 Å². The number of amides is 1. The van der Waals surface area contributed by atoms with Crippen molar-refractivity contribution in [1.29, 1.82) is 0 Å². The molecule has 0 unspecified atom stereocenters. The summed E-state index contributed by atoms with van der Waals surface area (Å²) in [5, 5.41) is 13.6. The number of benzene rings is 1. The van der Waals surface area contributed by atoms with Gasteiger partial charge in [0.25, 0.3) is 0 Å². The van der Waals surface area contributed by atoms with Gasteiger partial charge in [-0.2, -0.15) is 0 Å². The Labute approximate surface area is 122 Å². The molecule has 1 aliphatic carbocycles. The highest BCUT2D eigenvalue weighted by Crippen LogP contribution is 2.38. The number of phenols is 1. The van der Waals surface area contributed by atoms with Crippen molar-refractivity contribution in [2.45, 2.75) is 32.1 Å². The fraction of sp³-hybridized carbons (Fsp3) is 0.533. The van der Waals surface area contributed by atoms with Crippen molar-refractivity contribution in [3.05, 3.63) is 29.8 Å². The van der Waals surface area contributed by atoms with Crippen molar-refractivity contribution in [3.8, 4) is 5.75 Å². The van der Waals surface area contributed by atoms with Gasteiger partial charge in [-0.1, -0.05) is 47.0 Å². The monoisotopic (exact) mass is 325 g/mol. The van der Waals surface area contributed by atoms with Crippen LogP contribution in [0.5, 0.6) is 5.75 Å². The first-order chi connectivity index (χ1) is 9.15.